The van der Waals surface area contributed by atoms with Crippen LogP contribution in [0.1, 0.15) is 42.5 Å². The van der Waals surface area contributed by atoms with Gasteiger partial charge in [-0.3, -0.25) is 9.59 Å². The van der Waals surface area contributed by atoms with E-state index in [0.29, 0.717) is 11.5 Å². The van der Waals surface area contributed by atoms with Gasteiger partial charge in [0.05, 0.1) is 20.8 Å². The number of hydrazone groups is 1. The zero-order chi connectivity index (χ0) is 17.4. The maximum absolute atomic E-state index is 12.3. The Morgan fingerprint density at radius 1 is 1.08 bits per heavy atom. The lowest BCUT2D eigenvalue weighted by Gasteiger charge is -2.13. The van der Waals surface area contributed by atoms with Gasteiger partial charge in [-0.15, -0.1) is 0 Å². The van der Waals surface area contributed by atoms with Crippen LogP contribution in [-0.4, -0.2) is 38.3 Å². The molecule has 1 aromatic rings. The Morgan fingerprint density at radius 2 is 1.71 bits per heavy atom. The summed E-state index contributed by atoms with van der Waals surface area (Å²) in [7, 11) is 2.94. The van der Waals surface area contributed by atoms with Crippen LogP contribution >= 0.6 is 0 Å². The number of carbonyl (C=O) groups excluding carboxylic acids is 2. The first-order chi connectivity index (χ1) is 11.7. The molecule has 0 aliphatic heterocycles. The summed E-state index contributed by atoms with van der Waals surface area (Å²) in [5.74, 6) is -0.0375. The molecule has 0 bridgehead atoms. The van der Waals surface area contributed by atoms with Crippen LogP contribution in [0.2, 0.25) is 0 Å². The Bertz CT molecular complexity index is 598. The first kappa shape index (κ1) is 17.8. The van der Waals surface area contributed by atoms with Gasteiger partial charge in [-0.1, -0.05) is 12.5 Å². The van der Waals surface area contributed by atoms with Crippen LogP contribution in [0, 0.1) is 0 Å². The van der Waals surface area contributed by atoms with Crippen molar-refractivity contribution in [2.24, 2.45) is 5.10 Å². The normalized spacial score (nSPS) is 13.8. The number of rotatable bonds is 6. The highest BCUT2D eigenvalue weighted by Crippen LogP contribution is 2.27. The summed E-state index contributed by atoms with van der Waals surface area (Å²) in [6.07, 6.45) is 5.28. The minimum atomic E-state index is -0.440. The predicted octanol–water partition coefficient (Wildman–Crippen LogP) is 1.87. The average Bonchev–Trinajstić information content (AvgIpc) is 2.64. The maximum atomic E-state index is 12.3. The molecule has 7 nitrogen and oxygen atoms in total. The summed E-state index contributed by atoms with van der Waals surface area (Å²) in [6, 6.07) is 5.04. The van der Waals surface area contributed by atoms with E-state index in [1.54, 1.807) is 18.2 Å². The van der Waals surface area contributed by atoms with Gasteiger partial charge < -0.3 is 14.8 Å². The number of carbonyl (C=O) groups is 2. The second-order valence-electron chi connectivity index (χ2n) is 5.49. The van der Waals surface area contributed by atoms with Crippen molar-refractivity contribution >= 4 is 17.5 Å². The molecule has 1 saturated carbocycles. The van der Waals surface area contributed by atoms with Gasteiger partial charge >= 0.3 is 0 Å². The topological polar surface area (TPSA) is 89.0 Å². The number of nitrogens with one attached hydrogen (secondary N) is 2. The number of ether oxygens (including phenoxy) is 2. The molecule has 2 rings (SSSR count). The second-order valence-corrected chi connectivity index (χ2v) is 5.49. The Kier molecular flexibility index (Phi) is 6.60. The smallest absolute Gasteiger partial charge is 0.259 e. The number of amides is 2. The number of benzene rings is 1. The molecular formula is C17H23N3O4. The van der Waals surface area contributed by atoms with Gasteiger partial charge in [0.15, 0.2) is 0 Å². The standard InChI is InChI=1S/C17H23N3O4/c1-23-13-9-6-10-14(24-2)16(13)17(22)18-11-15(21)20-19-12-7-4-3-5-8-12/h6,9-10H,3-5,7-8,11H2,1-2H3,(H,18,22)(H,20,21). The van der Waals surface area contributed by atoms with E-state index >= 15 is 0 Å². The van der Waals surface area contributed by atoms with Crippen LogP contribution in [0.15, 0.2) is 23.3 Å². The Labute approximate surface area is 141 Å². The molecule has 2 N–H and O–H groups in total. The van der Waals surface area contributed by atoms with Crippen LogP contribution in [0.25, 0.3) is 0 Å². The molecule has 7 heteroatoms. The fourth-order valence-corrected chi connectivity index (χ4v) is 2.58. The molecule has 1 aliphatic carbocycles. The molecule has 0 atom stereocenters. The largest absolute Gasteiger partial charge is 0.496 e. The third-order valence-electron chi connectivity index (χ3n) is 3.83. The first-order valence-electron chi connectivity index (χ1n) is 7.99. The summed E-state index contributed by atoms with van der Waals surface area (Å²) in [5, 5.41) is 6.67. The number of nitrogens with zero attached hydrogens (tertiary/aromatic N) is 1. The fraction of sp³-hybridized carbons (Fsp3) is 0.471. The second kappa shape index (κ2) is 8.90. The molecule has 0 heterocycles. The minimum absolute atomic E-state index is 0.170. The fourth-order valence-electron chi connectivity index (χ4n) is 2.58. The molecule has 130 valence electrons. The Hall–Kier alpha value is -2.57. The van der Waals surface area contributed by atoms with Crippen molar-refractivity contribution in [1.82, 2.24) is 10.7 Å². The summed E-state index contributed by atoms with van der Waals surface area (Å²) >= 11 is 0. The van der Waals surface area contributed by atoms with Gasteiger partial charge in [0.25, 0.3) is 11.8 Å². The monoisotopic (exact) mass is 333 g/mol. The predicted molar refractivity (Wildman–Crippen MR) is 90.5 cm³/mol. The van der Waals surface area contributed by atoms with E-state index in [-0.39, 0.29) is 18.0 Å². The van der Waals surface area contributed by atoms with Gasteiger partial charge in [-0.25, -0.2) is 5.43 Å². The first-order valence-corrected chi connectivity index (χ1v) is 7.99. The lowest BCUT2D eigenvalue weighted by atomic mass is 9.99. The minimum Gasteiger partial charge on any atom is -0.496 e. The van der Waals surface area contributed by atoms with E-state index in [2.05, 4.69) is 15.8 Å². The van der Waals surface area contributed by atoms with Crippen LogP contribution in [-0.2, 0) is 4.79 Å². The summed E-state index contributed by atoms with van der Waals surface area (Å²) in [6.45, 7) is -0.170. The molecule has 0 aromatic heterocycles. The molecule has 1 fully saturated rings. The van der Waals surface area contributed by atoms with Crippen LogP contribution in [0.3, 0.4) is 0 Å². The third kappa shape index (κ3) is 4.71. The van der Waals surface area contributed by atoms with Gasteiger partial charge in [-0.2, -0.15) is 5.10 Å². The number of hydrogen-bond donors (Lipinski definition) is 2. The lowest BCUT2D eigenvalue weighted by Crippen LogP contribution is -2.35. The van der Waals surface area contributed by atoms with Crippen molar-refractivity contribution in [2.75, 3.05) is 20.8 Å². The SMILES string of the molecule is COc1cccc(OC)c1C(=O)NCC(=O)NN=C1CCCCC1. The van der Waals surface area contributed by atoms with Gasteiger partial charge in [0, 0.05) is 5.71 Å². The summed E-state index contributed by atoms with van der Waals surface area (Å²) in [4.78, 5) is 24.2. The Balaban J connectivity index is 1.92. The highest BCUT2D eigenvalue weighted by molar-refractivity contribution is 6.01. The maximum Gasteiger partial charge on any atom is 0.259 e. The van der Waals surface area contributed by atoms with Gasteiger partial charge in [0.1, 0.15) is 17.1 Å². The molecule has 1 aliphatic rings. The van der Waals surface area contributed by atoms with Gasteiger partial charge in [-0.05, 0) is 37.8 Å². The molecule has 0 radical (unpaired) electrons. The van der Waals surface area contributed by atoms with E-state index in [0.717, 1.165) is 31.4 Å². The van der Waals surface area contributed by atoms with E-state index in [1.165, 1.54) is 20.6 Å². The molecule has 0 spiro atoms. The van der Waals surface area contributed by atoms with Crippen molar-refractivity contribution in [3.8, 4) is 11.5 Å². The summed E-state index contributed by atoms with van der Waals surface area (Å²) in [5.41, 5.74) is 3.75. The van der Waals surface area contributed by atoms with E-state index in [1.807, 2.05) is 0 Å². The van der Waals surface area contributed by atoms with Crippen molar-refractivity contribution in [1.29, 1.82) is 0 Å². The molecule has 0 saturated heterocycles. The van der Waals surface area contributed by atoms with E-state index in [9.17, 15) is 9.59 Å². The van der Waals surface area contributed by atoms with Crippen LogP contribution in [0.4, 0.5) is 0 Å². The van der Waals surface area contributed by atoms with E-state index < -0.39 is 5.91 Å². The van der Waals surface area contributed by atoms with Gasteiger partial charge in [0.2, 0.25) is 0 Å². The highest BCUT2D eigenvalue weighted by atomic mass is 16.5. The number of hydrogen-bond acceptors (Lipinski definition) is 5. The number of methoxy groups -OCH3 is 2. The van der Waals surface area contributed by atoms with Crippen LogP contribution < -0.4 is 20.2 Å². The Morgan fingerprint density at radius 3 is 2.29 bits per heavy atom. The zero-order valence-electron chi connectivity index (χ0n) is 14.1. The molecule has 24 heavy (non-hydrogen) atoms. The van der Waals surface area contributed by atoms with Crippen molar-refractivity contribution in [3.05, 3.63) is 23.8 Å². The van der Waals surface area contributed by atoms with Crippen molar-refractivity contribution in [3.63, 3.8) is 0 Å². The summed E-state index contributed by atoms with van der Waals surface area (Å²) < 4.78 is 10.4. The van der Waals surface area contributed by atoms with E-state index in [4.69, 9.17) is 9.47 Å². The van der Waals surface area contributed by atoms with Crippen molar-refractivity contribution in [2.45, 2.75) is 32.1 Å². The zero-order valence-corrected chi connectivity index (χ0v) is 14.1. The molecular weight excluding hydrogens is 310 g/mol. The quantitative estimate of drug-likeness (QED) is 0.778. The highest BCUT2D eigenvalue weighted by Gasteiger charge is 2.18. The molecule has 1 aromatic carbocycles. The average molecular weight is 333 g/mol. The van der Waals surface area contributed by atoms with Crippen molar-refractivity contribution < 1.29 is 19.1 Å². The molecule has 0 unspecified atom stereocenters. The van der Waals surface area contributed by atoms with Crippen LogP contribution in [0.5, 0.6) is 11.5 Å². The molecule has 2 amide bonds. The third-order valence-corrected chi connectivity index (χ3v) is 3.83. The lowest BCUT2D eigenvalue weighted by molar-refractivity contribution is -0.120.